The summed E-state index contributed by atoms with van der Waals surface area (Å²) < 4.78 is 0. The van der Waals surface area contributed by atoms with E-state index in [0.29, 0.717) is 11.4 Å². The van der Waals surface area contributed by atoms with Gasteiger partial charge in [-0.05, 0) is 18.2 Å². The van der Waals surface area contributed by atoms with Gasteiger partial charge in [0.25, 0.3) is 0 Å². The van der Waals surface area contributed by atoms with E-state index in [4.69, 9.17) is 5.73 Å². The summed E-state index contributed by atoms with van der Waals surface area (Å²) in [5, 5.41) is 7.06. The molecule has 0 radical (unpaired) electrons. The van der Waals surface area contributed by atoms with Crippen molar-refractivity contribution in [2.24, 2.45) is 10.4 Å². The van der Waals surface area contributed by atoms with Crippen LogP contribution >= 0.6 is 0 Å². The van der Waals surface area contributed by atoms with Crippen LogP contribution in [0.15, 0.2) is 34.7 Å². The predicted molar refractivity (Wildman–Crippen MR) is 42.4 cm³/mol. The topological polar surface area (TPSA) is 60.0 Å². The second-order valence-corrected chi connectivity index (χ2v) is 1.96. The number of nitrogens with zero attached hydrogens (tertiary/aromatic N) is 2. The van der Waals surface area contributed by atoms with Crippen LogP contribution in [-0.4, -0.2) is 7.11 Å². The molecule has 0 aliphatic rings. The fraction of sp³-hybridized carbons (Fsp3) is 0.143. The monoisotopic (exact) mass is 151 g/mol. The molecule has 0 fully saturated rings. The number of hydrogen-bond donors (Lipinski definition) is 1. The Balaban J connectivity index is 2.79. The van der Waals surface area contributed by atoms with E-state index in [1.807, 2.05) is 0 Å². The molecule has 0 amide bonds. The molecule has 0 aromatic heterocycles. The fourth-order valence-electron chi connectivity index (χ4n) is 0.675. The molecular formula is C7H9N3O. The lowest BCUT2D eigenvalue weighted by atomic mass is 10.3. The molecule has 1 rings (SSSR count). The second kappa shape index (κ2) is 3.55. The van der Waals surface area contributed by atoms with E-state index in [2.05, 4.69) is 15.2 Å². The number of anilines is 1. The summed E-state index contributed by atoms with van der Waals surface area (Å²) in [4.78, 5) is 4.40. The first-order valence-corrected chi connectivity index (χ1v) is 3.12. The van der Waals surface area contributed by atoms with Crippen LogP contribution in [-0.2, 0) is 4.84 Å². The van der Waals surface area contributed by atoms with Crippen molar-refractivity contribution in [3.8, 4) is 0 Å². The zero-order valence-electron chi connectivity index (χ0n) is 6.19. The summed E-state index contributed by atoms with van der Waals surface area (Å²) in [6.45, 7) is 0. The summed E-state index contributed by atoms with van der Waals surface area (Å²) in [7, 11) is 1.44. The van der Waals surface area contributed by atoms with E-state index in [9.17, 15) is 0 Å². The molecule has 0 aliphatic heterocycles. The Labute approximate surface area is 64.7 Å². The zero-order valence-corrected chi connectivity index (χ0v) is 6.19. The van der Waals surface area contributed by atoms with Crippen LogP contribution in [0.4, 0.5) is 11.4 Å². The maximum absolute atomic E-state index is 5.49. The van der Waals surface area contributed by atoms with E-state index >= 15 is 0 Å². The van der Waals surface area contributed by atoms with E-state index in [0.717, 1.165) is 0 Å². The lowest BCUT2D eigenvalue weighted by Gasteiger charge is -1.92. The average molecular weight is 151 g/mol. The minimum absolute atomic E-state index is 0.664. The number of hydrogen-bond acceptors (Lipinski definition) is 4. The molecule has 2 N–H and O–H groups in total. The molecule has 4 heteroatoms. The van der Waals surface area contributed by atoms with Crippen molar-refractivity contribution in [2.75, 3.05) is 12.8 Å². The first kappa shape index (κ1) is 7.53. The lowest BCUT2D eigenvalue weighted by Crippen LogP contribution is -1.81. The van der Waals surface area contributed by atoms with Crippen LogP contribution in [0.2, 0.25) is 0 Å². The van der Waals surface area contributed by atoms with E-state index in [1.165, 1.54) is 7.11 Å². The summed E-state index contributed by atoms with van der Waals surface area (Å²) in [6.07, 6.45) is 0. The van der Waals surface area contributed by atoms with Crippen molar-refractivity contribution in [1.82, 2.24) is 0 Å². The van der Waals surface area contributed by atoms with Gasteiger partial charge in [-0.2, -0.15) is 0 Å². The zero-order chi connectivity index (χ0) is 8.10. The number of benzene rings is 1. The van der Waals surface area contributed by atoms with Gasteiger partial charge in [0.2, 0.25) is 0 Å². The quantitative estimate of drug-likeness (QED) is 0.398. The van der Waals surface area contributed by atoms with E-state index in [-0.39, 0.29) is 0 Å². The Bertz CT molecular complexity index is 260. The van der Waals surface area contributed by atoms with Crippen molar-refractivity contribution < 1.29 is 4.84 Å². The van der Waals surface area contributed by atoms with Gasteiger partial charge in [-0.1, -0.05) is 6.07 Å². The highest BCUT2D eigenvalue weighted by molar-refractivity contribution is 5.49. The average Bonchev–Trinajstić information content (AvgIpc) is 2.01. The third kappa shape index (κ3) is 2.25. The third-order valence-electron chi connectivity index (χ3n) is 1.11. The van der Waals surface area contributed by atoms with Crippen molar-refractivity contribution >= 4 is 11.4 Å². The van der Waals surface area contributed by atoms with Gasteiger partial charge in [0.05, 0.1) is 5.69 Å². The fourth-order valence-corrected chi connectivity index (χ4v) is 0.675. The molecule has 0 aliphatic carbocycles. The van der Waals surface area contributed by atoms with Gasteiger partial charge in [0, 0.05) is 11.0 Å². The Morgan fingerprint density at radius 1 is 1.45 bits per heavy atom. The molecule has 0 saturated carbocycles. The molecule has 0 saturated heterocycles. The Kier molecular flexibility index (Phi) is 2.43. The SMILES string of the molecule is CON=Nc1cccc(N)c1. The van der Waals surface area contributed by atoms with Gasteiger partial charge in [0.1, 0.15) is 7.11 Å². The standard InChI is InChI=1S/C7H9N3O/c1-11-10-9-7-4-2-3-6(8)5-7/h2-5H,8H2,1H3. The lowest BCUT2D eigenvalue weighted by molar-refractivity contribution is 0.190. The highest BCUT2D eigenvalue weighted by Crippen LogP contribution is 2.15. The molecule has 1 aromatic rings. The van der Waals surface area contributed by atoms with Crippen LogP contribution in [0, 0.1) is 0 Å². The van der Waals surface area contributed by atoms with Crippen LogP contribution in [0.1, 0.15) is 0 Å². The molecule has 0 spiro atoms. The smallest absolute Gasteiger partial charge is 0.108 e. The summed E-state index contributed by atoms with van der Waals surface area (Å²) in [6, 6.07) is 7.09. The van der Waals surface area contributed by atoms with E-state index in [1.54, 1.807) is 24.3 Å². The maximum atomic E-state index is 5.49. The summed E-state index contributed by atoms with van der Waals surface area (Å²) in [5.74, 6) is 0. The number of rotatable bonds is 2. The molecule has 0 atom stereocenters. The van der Waals surface area contributed by atoms with Gasteiger partial charge >= 0.3 is 0 Å². The minimum Gasteiger partial charge on any atom is -0.399 e. The molecule has 0 bridgehead atoms. The second-order valence-electron chi connectivity index (χ2n) is 1.96. The Morgan fingerprint density at radius 3 is 2.91 bits per heavy atom. The Morgan fingerprint density at radius 2 is 2.27 bits per heavy atom. The largest absolute Gasteiger partial charge is 0.399 e. The van der Waals surface area contributed by atoms with Gasteiger partial charge in [-0.15, -0.1) is 5.11 Å². The van der Waals surface area contributed by atoms with Crippen LogP contribution in [0.25, 0.3) is 0 Å². The molecule has 1 aromatic carbocycles. The Hall–Kier alpha value is -1.58. The third-order valence-corrected chi connectivity index (χ3v) is 1.11. The highest BCUT2D eigenvalue weighted by atomic mass is 16.6. The first-order chi connectivity index (χ1) is 5.33. The summed E-state index contributed by atoms with van der Waals surface area (Å²) in [5.41, 5.74) is 6.84. The number of nitrogen functional groups attached to an aromatic ring is 1. The van der Waals surface area contributed by atoms with Crippen LogP contribution < -0.4 is 5.73 Å². The normalized spacial score (nSPS) is 10.3. The van der Waals surface area contributed by atoms with Crippen molar-refractivity contribution in [2.45, 2.75) is 0 Å². The molecule has 58 valence electrons. The molecule has 0 unspecified atom stereocenters. The molecular weight excluding hydrogens is 142 g/mol. The minimum atomic E-state index is 0.664. The maximum Gasteiger partial charge on any atom is 0.108 e. The van der Waals surface area contributed by atoms with Gasteiger partial charge in [-0.3, -0.25) is 0 Å². The van der Waals surface area contributed by atoms with Crippen molar-refractivity contribution in [3.63, 3.8) is 0 Å². The number of nitrogens with two attached hydrogens (primary N) is 1. The van der Waals surface area contributed by atoms with Crippen molar-refractivity contribution in [3.05, 3.63) is 24.3 Å². The van der Waals surface area contributed by atoms with Crippen LogP contribution in [0.5, 0.6) is 0 Å². The molecule has 0 heterocycles. The molecule has 11 heavy (non-hydrogen) atoms. The highest BCUT2D eigenvalue weighted by Gasteiger charge is 1.88. The van der Waals surface area contributed by atoms with Crippen LogP contribution in [0.3, 0.4) is 0 Å². The van der Waals surface area contributed by atoms with Crippen molar-refractivity contribution in [1.29, 1.82) is 0 Å². The first-order valence-electron chi connectivity index (χ1n) is 3.12. The van der Waals surface area contributed by atoms with Gasteiger partial charge in [0.15, 0.2) is 0 Å². The van der Waals surface area contributed by atoms with Gasteiger partial charge in [-0.25, -0.2) is 0 Å². The van der Waals surface area contributed by atoms with Gasteiger partial charge < -0.3 is 10.6 Å². The van der Waals surface area contributed by atoms with E-state index < -0.39 is 0 Å². The summed E-state index contributed by atoms with van der Waals surface area (Å²) >= 11 is 0. The predicted octanol–water partition coefficient (Wildman–Crippen LogP) is 1.91. The molecule has 4 nitrogen and oxygen atoms in total.